The summed E-state index contributed by atoms with van der Waals surface area (Å²) in [5, 5.41) is 11.4. The van der Waals surface area contributed by atoms with Crippen molar-refractivity contribution < 1.29 is 9.21 Å². The molecule has 0 spiro atoms. The van der Waals surface area contributed by atoms with Gasteiger partial charge in [0.05, 0.1) is 17.4 Å². The number of nitrogens with zero attached hydrogens (tertiary/aromatic N) is 6. The monoisotopic (exact) mass is 383 g/mol. The number of imidazole rings is 1. The standard InChI is InChI=1S/C17H17N7O2S/c1-23-11-20-22-17(23)27-7-6-18-16(25)13-9-26-15(21-13)8-24-10-19-12-4-2-3-5-14(12)24/h2-5,9-11H,6-8H2,1H3,(H,18,25). The normalized spacial score (nSPS) is 11.1. The van der Waals surface area contributed by atoms with E-state index >= 15 is 0 Å². The van der Waals surface area contributed by atoms with Crippen LogP contribution in [0.1, 0.15) is 16.4 Å². The van der Waals surface area contributed by atoms with Crippen molar-refractivity contribution in [1.82, 2.24) is 34.6 Å². The largest absolute Gasteiger partial charge is 0.446 e. The van der Waals surface area contributed by atoms with Gasteiger partial charge in [0.15, 0.2) is 10.9 Å². The zero-order valence-electron chi connectivity index (χ0n) is 14.6. The fourth-order valence-corrected chi connectivity index (χ4v) is 3.31. The maximum Gasteiger partial charge on any atom is 0.273 e. The van der Waals surface area contributed by atoms with Gasteiger partial charge in [0.1, 0.15) is 19.1 Å². The van der Waals surface area contributed by atoms with Crippen molar-refractivity contribution >= 4 is 28.7 Å². The Morgan fingerprint density at radius 3 is 3.04 bits per heavy atom. The summed E-state index contributed by atoms with van der Waals surface area (Å²) in [5.74, 6) is 0.875. The van der Waals surface area contributed by atoms with Crippen LogP contribution in [0.3, 0.4) is 0 Å². The number of nitrogens with one attached hydrogen (secondary N) is 1. The molecule has 9 nitrogen and oxygen atoms in total. The van der Waals surface area contributed by atoms with Crippen LogP contribution in [0.4, 0.5) is 0 Å². The molecule has 27 heavy (non-hydrogen) atoms. The third-order valence-electron chi connectivity index (χ3n) is 3.91. The summed E-state index contributed by atoms with van der Waals surface area (Å²) in [7, 11) is 1.88. The molecular formula is C17H17N7O2S. The lowest BCUT2D eigenvalue weighted by atomic mass is 10.3. The van der Waals surface area contributed by atoms with Crippen molar-refractivity contribution in [1.29, 1.82) is 0 Å². The minimum atomic E-state index is -0.265. The molecule has 0 atom stereocenters. The predicted molar refractivity (Wildman–Crippen MR) is 99.4 cm³/mol. The number of benzene rings is 1. The van der Waals surface area contributed by atoms with Crippen LogP contribution in [0.25, 0.3) is 11.0 Å². The van der Waals surface area contributed by atoms with Gasteiger partial charge in [-0.15, -0.1) is 10.2 Å². The first kappa shape index (κ1) is 17.3. The van der Waals surface area contributed by atoms with Crippen molar-refractivity contribution in [2.75, 3.05) is 12.3 Å². The van der Waals surface area contributed by atoms with Crippen molar-refractivity contribution in [2.24, 2.45) is 7.05 Å². The van der Waals surface area contributed by atoms with E-state index in [9.17, 15) is 4.79 Å². The summed E-state index contributed by atoms with van der Waals surface area (Å²) in [4.78, 5) is 20.8. The lowest BCUT2D eigenvalue weighted by Gasteiger charge is -2.02. The van der Waals surface area contributed by atoms with E-state index in [0.717, 1.165) is 16.2 Å². The number of hydrogen-bond acceptors (Lipinski definition) is 7. The molecule has 0 aliphatic carbocycles. The summed E-state index contributed by atoms with van der Waals surface area (Å²) < 4.78 is 9.20. The second-order valence-corrected chi connectivity index (χ2v) is 6.88. The third kappa shape index (κ3) is 3.85. The molecule has 0 bridgehead atoms. The van der Waals surface area contributed by atoms with Gasteiger partial charge in [0.2, 0.25) is 5.89 Å². The van der Waals surface area contributed by atoms with Crippen molar-refractivity contribution in [2.45, 2.75) is 11.7 Å². The number of aryl methyl sites for hydroxylation is 1. The average Bonchev–Trinajstić information content (AvgIpc) is 3.40. The molecular weight excluding hydrogens is 366 g/mol. The van der Waals surface area contributed by atoms with Crippen LogP contribution in [0.15, 0.2) is 52.8 Å². The predicted octanol–water partition coefficient (Wildman–Crippen LogP) is 1.72. The van der Waals surface area contributed by atoms with Gasteiger partial charge in [-0.25, -0.2) is 9.97 Å². The number of thioether (sulfide) groups is 1. The van der Waals surface area contributed by atoms with Gasteiger partial charge in [0.25, 0.3) is 5.91 Å². The summed E-state index contributed by atoms with van der Waals surface area (Å²) in [6, 6.07) is 7.82. The fourth-order valence-electron chi connectivity index (χ4n) is 2.57. The maximum atomic E-state index is 12.2. The first-order valence-electron chi connectivity index (χ1n) is 8.30. The highest BCUT2D eigenvalue weighted by atomic mass is 32.2. The molecule has 0 saturated carbocycles. The van der Waals surface area contributed by atoms with Crippen molar-refractivity contribution in [3.8, 4) is 0 Å². The molecule has 1 amide bonds. The lowest BCUT2D eigenvalue weighted by Crippen LogP contribution is -2.26. The van der Waals surface area contributed by atoms with Gasteiger partial charge in [-0.3, -0.25) is 4.79 Å². The van der Waals surface area contributed by atoms with E-state index < -0.39 is 0 Å². The van der Waals surface area contributed by atoms with Gasteiger partial charge < -0.3 is 18.9 Å². The number of para-hydroxylation sites is 2. The number of carbonyl (C=O) groups is 1. The van der Waals surface area contributed by atoms with Crippen LogP contribution in [-0.4, -0.2) is 47.5 Å². The van der Waals surface area contributed by atoms with E-state index in [0.29, 0.717) is 24.7 Å². The highest BCUT2D eigenvalue weighted by Crippen LogP contribution is 2.14. The van der Waals surface area contributed by atoms with E-state index in [4.69, 9.17) is 4.42 Å². The Labute approximate surface area is 158 Å². The SMILES string of the molecule is Cn1cnnc1SCCNC(=O)c1coc(Cn2cnc3ccccc32)n1. The molecule has 0 aliphatic heterocycles. The number of hydrogen-bond donors (Lipinski definition) is 1. The van der Waals surface area contributed by atoms with Crippen molar-refractivity contribution in [3.63, 3.8) is 0 Å². The van der Waals surface area contributed by atoms with Crippen LogP contribution in [0.2, 0.25) is 0 Å². The molecule has 0 unspecified atom stereocenters. The Morgan fingerprint density at radius 1 is 1.30 bits per heavy atom. The van der Waals surface area contributed by atoms with E-state index in [2.05, 4.69) is 25.5 Å². The quantitative estimate of drug-likeness (QED) is 0.383. The van der Waals surface area contributed by atoms with Gasteiger partial charge in [0, 0.05) is 19.3 Å². The lowest BCUT2D eigenvalue weighted by molar-refractivity contribution is 0.0951. The van der Waals surface area contributed by atoms with Gasteiger partial charge in [-0.2, -0.15) is 0 Å². The first-order chi connectivity index (χ1) is 13.2. The van der Waals surface area contributed by atoms with Crippen molar-refractivity contribution in [3.05, 3.63) is 54.8 Å². The Morgan fingerprint density at radius 2 is 2.19 bits per heavy atom. The van der Waals surface area contributed by atoms with Crippen LogP contribution >= 0.6 is 11.8 Å². The minimum Gasteiger partial charge on any atom is -0.446 e. The molecule has 4 rings (SSSR count). The van der Waals surface area contributed by atoms with E-state index in [1.54, 1.807) is 12.7 Å². The molecule has 0 fully saturated rings. The number of aromatic nitrogens is 6. The number of amides is 1. The summed E-state index contributed by atoms with van der Waals surface area (Å²) in [6.07, 6.45) is 4.75. The summed E-state index contributed by atoms with van der Waals surface area (Å²) in [5.41, 5.74) is 2.16. The molecule has 0 saturated heterocycles. The first-order valence-corrected chi connectivity index (χ1v) is 9.28. The molecule has 0 aliphatic rings. The Balaban J connectivity index is 1.32. The number of rotatable bonds is 7. The van der Waals surface area contributed by atoms with Crippen LogP contribution in [0, 0.1) is 0 Å². The van der Waals surface area contributed by atoms with Crippen LogP contribution in [-0.2, 0) is 13.6 Å². The summed E-state index contributed by atoms with van der Waals surface area (Å²) >= 11 is 1.52. The Hall–Kier alpha value is -3.14. The smallest absolute Gasteiger partial charge is 0.273 e. The van der Waals surface area contributed by atoms with Gasteiger partial charge in [-0.05, 0) is 12.1 Å². The molecule has 4 aromatic rings. The third-order valence-corrected chi connectivity index (χ3v) is 4.94. The minimum absolute atomic E-state index is 0.262. The van der Waals surface area contributed by atoms with Crippen LogP contribution in [0.5, 0.6) is 0 Å². The number of fused-ring (bicyclic) bond motifs is 1. The highest BCUT2D eigenvalue weighted by Gasteiger charge is 2.13. The van der Waals surface area contributed by atoms with Gasteiger partial charge >= 0.3 is 0 Å². The zero-order valence-corrected chi connectivity index (χ0v) is 15.4. The van der Waals surface area contributed by atoms with E-state index in [1.807, 2.05) is 40.4 Å². The molecule has 10 heteroatoms. The van der Waals surface area contributed by atoms with Crippen LogP contribution < -0.4 is 5.32 Å². The summed E-state index contributed by atoms with van der Waals surface area (Å²) in [6.45, 7) is 0.903. The molecule has 1 aromatic carbocycles. The number of oxazole rings is 1. The Kier molecular flexibility index (Phi) is 4.88. The molecule has 3 aromatic heterocycles. The second kappa shape index (κ2) is 7.62. The molecule has 3 heterocycles. The number of carbonyl (C=O) groups excluding carboxylic acids is 1. The fraction of sp³-hybridized carbons (Fsp3) is 0.235. The van der Waals surface area contributed by atoms with Gasteiger partial charge in [-0.1, -0.05) is 23.9 Å². The molecule has 138 valence electrons. The molecule has 0 radical (unpaired) electrons. The maximum absolute atomic E-state index is 12.2. The molecule has 1 N–H and O–H groups in total. The zero-order chi connectivity index (χ0) is 18.6. The van der Waals surface area contributed by atoms with E-state index in [-0.39, 0.29) is 11.6 Å². The Bertz CT molecular complexity index is 1070. The topological polar surface area (TPSA) is 104 Å². The average molecular weight is 383 g/mol. The second-order valence-electron chi connectivity index (χ2n) is 5.82. The highest BCUT2D eigenvalue weighted by molar-refractivity contribution is 7.99. The van der Waals surface area contributed by atoms with E-state index in [1.165, 1.54) is 18.0 Å².